The van der Waals surface area contributed by atoms with Gasteiger partial charge < -0.3 is 9.80 Å². The van der Waals surface area contributed by atoms with Crippen LogP contribution in [-0.2, 0) is 9.63 Å². The second-order valence-electron chi connectivity index (χ2n) is 7.09. The lowest BCUT2D eigenvalue weighted by atomic mass is 10.2. The van der Waals surface area contributed by atoms with Gasteiger partial charge in [0.05, 0.1) is 30.0 Å². The van der Waals surface area contributed by atoms with Gasteiger partial charge in [-0.15, -0.1) is 13.2 Å². The van der Waals surface area contributed by atoms with Crippen molar-refractivity contribution in [1.29, 1.82) is 0 Å². The third-order valence-corrected chi connectivity index (χ3v) is 5.84. The van der Waals surface area contributed by atoms with Gasteiger partial charge >= 0.3 is 5.00 Å². The van der Waals surface area contributed by atoms with Crippen molar-refractivity contribution in [2.24, 2.45) is 10.3 Å². The molecule has 1 saturated heterocycles. The Bertz CT molecular complexity index is 1020. The number of nitro groups is 1. The Labute approximate surface area is 194 Å². The predicted molar refractivity (Wildman–Crippen MR) is 125 cm³/mol. The first-order valence-corrected chi connectivity index (χ1v) is 11.3. The summed E-state index contributed by atoms with van der Waals surface area (Å²) < 4.78 is 0. The zero-order valence-corrected chi connectivity index (χ0v) is 19.0. The van der Waals surface area contributed by atoms with Crippen LogP contribution >= 0.6 is 11.3 Å². The molecule has 0 aliphatic carbocycles. The number of nitrogens with zero attached hydrogens (tertiary/aromatic N) is 8. The van der Waals surface area contributed by atoms with Crippen molar-refractivity contribution < 1.29 is 14.6 Å². The molecule has 0 saturated carbocycles. The van der Waals surface area contributed by atoms with Crippen molar-refractivity contribution in [3.8, 4) is 0 Å². The highest BCUT2D eigenvalue weighted by molar-refractivity contribution is 7.21. The first kappa shape index (κ1) is 24.2. The Balaban J connectivity index is 1.46. The van der Waals surface area contributed by atoms with E-state index in [-0.39, 0.29) is 10.9 Å². The van der Waals surface area contributed by atoms with Gasteiger partial charge in [-0.25, -0.2) is 9.97 Å². The molecular weight excluding hydrogens is 448 g/mol. The van der Waals surface area contributed by atoms with Crippen LogP contribution in [0.15, 0.2) is 48.0 Å². The molecule has 176 valence electrons. The summed E-state index contributed by atoms with van der Waals surface area (Å²) in [7, 11) is 0. The molecule has 1 aliphatic rings. The summed E-state index contributed by atoms with van der Waals surface area (Å²) in [4.78, 5) is 41.7. The highest BCUT2D eigenvalue weighted by atomic mass is 32.1. The average Bonchev–Trinajstić information content (AvgIpc) is 3.27. The molecular formula is C20H26N8O4S. The number of aromatic nitrogens is 2. The standard InChI is InChI=1S/C20H26N8O4S/c1-3-7-23-24-27(8-4-2)32-13-5-6-17(29)25-9-11-26(12-10-25)19-16-14-18(28(30)31)33-20(16)22-15-21-19/h3-4,14-15H,1-2,5-13H2. The zero-order valence-electron chi connectivity index (χ0n) is 18.2. The van der Waals surface area contributed by atoms with Gasteiger partial charge in [0.2, 0.25) is 5.91 Å². The summed E-state index contributed by atoms with van der Waals surface area (Å²) in [6.07, 6.45) is 5.61. The number of thiophene rings is 1. The fourth-order valence-corrected chi connectivity index (χ4v) is 4.09. The number of hydroxylamine groups is 1. The monoisotopic (exact) mass is 474 g/mol. The number of carbonyl (C=O) groups is 1. The number of amides is 1. The van der Waals surface area contributed by atoms with Gasteiger partial charge in [-0.2, -0.15) is 10.3 Å². The summed E-state index contributed by atoms with van der Waals surface area (Å²) >= 11 is 1.03. The van der Waals surface area contributed by atoms with Crippen molar-refractivity contribution in [2.75, 3.05) is 50.8 Å². The Morgan fingerprint density at radius 2 is 2.09 bits per heavy atom. The molecule has 0 bridgehead atoms. The van der Waals surface area contributed by atoms with Crippen molar-refractivity contribution in [1.82, 2.24) is 20.0 Å². The Morgan fingerprint density at radius 1 is 1.30 bits per heavy atom. The Morgan fingerprint density at radius 3 is 2.79 bits per heavy atom. The smallest absolute Gasteiger partial charge is 0.326 e. The minimum absolute atomic E-state index is 0.0385. The molecule has 1 aliphatic heterocycles. The molecule has 0 unspecified atom stereocenters. The summed E-state index contributed by atoms with van der Waals surface area (Å²) in [6, 6.07) is 1.51. The van der Waals surface area contributed by atoms with E-state index in [2.05, 4.69) is 33.5 Å². The van der Waals surface area contributed by atoms with Gasteiger partial charge in [-0.05, 0) is 23.0 Å². The lowest BCUT2D eigenvalue weighted by Crippen LogP contribution is -2.49. The summed E-state index contributed by atoms with van der Waals surface area (Å²) in [6.45, 7) is 10.6. The topological polar surface area (TPSA) is 130 Å². The molecule has 0 atom stereocenters. The molecule has 13 heteroatoms. The van der Waals surface area contributed by atoms with Gasteiger partial charge in [-0.3, -0.25) is 19.7 Å². The fraction of sp³-hybridized carbons (Fsp3) is 0.450. The third-order valence-electron chi connectivity index (χ3n) is 4.84. The number of anilines is 1. The predicted octanol–water partition coefficient (Wildman–Crippen LogP) is 3.00. The summed E-state index contributed by atoms with van der Waals surface area (Å²) in [5.74, 6) is 0.721. The number of hydrogen-bond acceptors (Lipinski definition) is 10. The maximum absolute atomic E-state index is 12.6. The maximum Gasteiger partial charge on any atom is 0.326 e. The molecule has 0 N–H and O–H groups in total. The minimum Gasteiger partial charge on any atom is -0.352 e. The van der Waals surface area contributed by atoms with Crippen LogP contribution in [0, 0.1) is 10.1 Å². The van der Waals surface area contributed by atoms with Crippen LogP contribution < -0.4 is 4.90 Å². The van der Waals surface area contributed by atoms with E-state index in [0.717, 1.165) is 11.3 Å². The van der Waals surface area contributed by atoms with Gasteiger partial charge in [-0.1, -0.05) is 12.2 Å². The van der Waals surface area contributed by atoms with Crippen molar-refractivity contribution >= 4 is 38.3 Å². The third kappa shape index (κ3) is 6.52. The first-order chi connectivity index (χ1) is 16.0. The van der Waals surface area contributed by atoms with E-state index < -0.39 is 4.92 Å². The molecule has 0 radical (unpaired) electrons. The molecule has 0 spiro atoms. The quantitative estimate of drug-likeness (QED) is 0.151. The van der Waals surface area contributed by atoms with Crippen LogP contribution in [0.3, 0.4) is 0 Å². The number of carbonyl (C=O) groups excluding carboxylic acids is 1. The molecule has 12 nitrogen and oxygen atoms in total. The van der Waals surface area contributed by atoms with E-state index in [1.165, 1.54) is 17.6 Å². The van der Waals surface area contributed by atoms with Crippen molar-refractivity contribution in [3.05, 3.63) is 47.8 Å². The molecule has 2 aromatic heterocycles. The molecule has 33 heavy (non-hydrogen) atoms. The van der Waals surface area contributed by atoms with E-state index in [0.29, 0.717) is 74.8 Å². The Hall–Kier alpha value is -3.45. The first-order valence-electron chi connectivity index (χ1n) is 10.4. The van der Waals surface area contributed by atoms with Gasteiger partial charge in [0.25, 0.3) is 0 Å². The zero-order chi connectivity index (χ0) is 23.6. The van der Waals surface area contributed by atoms with Gasteiger partial charge in [0.15, 0.2) is 0 Å². The lowest BCUT2D eigenvalue weighted by Gasteiger charge is -2.35. The van der Waals surface area contributed by atoms with Crippen LogP contribution in [0.2, 0.25) is 0 Å². The highest BCUT2D eigenvalue weighted by Crippen LogP contribution is 2.34. The number of rotatable bonds is 12. The van der Waals surface area contributed by atoms with Crippen LogP contribution in [0.5, 0.6) is 0 Å². The van der Waals surface area contributed by atoms with Crippen LogP contribution in [0.1, 0.15) is 12.8 Å². The van der Waals surface area contributed by atoms with Crippen LogP contribution in [0.25, 0.3) is 10.2 Å². The normalized spacial score (nSPS) is 14.1. The number of piperazine rings is 1. The van der Waals surface area contributed by atoms with E-state index >= 15 is 0 Å². The summed E-state index contributed by atoms with van der Waals surface area (Å²) in [5.41, 5.74) is 0. The SMILES string of the molecule is C=CCN=NN(CC=C)OCCCC(=O)N1CCN(c2ncnc3sc([N+](=O)[O-])cc23)CC1. The van der Waals surface area contributed by atoms with Crippen LogP contribution in [0.4, 0.5) is 10.8 Å². The van der Waals surface area contributed by atoms with Gasteiger partial charge in [0, 0.05) is 38.7 Å². The van der Waals surface area contributed by atoms with E-state index in [4.69, 9.17) is 4.84 Å². The molecule has 0 aromatic carbocycles. The molecule has 2 aromatic rings. The number of fused-ring (bicyclic) bond motifs is 1. The van der Waals surface area contributed by atoms with E-state index in [1.54, 1.807) is 12.2 Å². The lowest BCUT2D eigenvalue weighted by molar-refractivity contribution is -0.380. The van der Waals surface area contributed by atoms with Crippen LogP contribution in [-0.4, -0.2) is 76.7 Å². The Kier molecular flexibility index (Phi) is 8.78. The molecule has 1 fully saturated rings. The van der Waals surface area contributed by atoms with E-state index in [1.807, 2.05) is 9.80 Å². The highest BCUT2D eigenvalue weighted by Gasteiger charge is 2.24. The summed E-state index contributed by atoms with van der Waals surface area (Å²) in [5, 5.41) is 21.0. The second-order valence-corrected chi connectivity index (χ2v) is 8.10. The largest absolute Gasteiger partial charge is 0.352 e. The van der Waals surface area contributed by atoms with Gasteiger partial charge in [0.1, 0.15) is 17.0 Å². The van der Waals surface area contributed by atoms with Crippen molar-refractivity contribution in [3.63, 3.8) is 0 Å². The molecule has 3 rings (SSSR count). The average molecular weight is 475 g/mol. The van der Waals surface area contributed by atoms with E-state index in [9.17, 15) is 14.9 Å². The maximum atomic E-state index is 12.6. The minimum atomic E-state index is -0.419. The number of hydrogen-bond donors (Lipinski definition) is 0. The molecule has 1 amide bonds. The molecule has 3 heterocycles. The second kappa shape index (κ2) is 12.0. The van der Waals surface area contributed by atoms with Crippen molar-refractivity contribution in [2.45, 2.75) is 12.8 Å². The fourth-order valence-electron chi connectivity index (χ4n) is 3.28.